The molecule has 4 amide bonds. The number of aliphatic hydroxyl groups is 1. The van der Waals surface area contributed by atoms with Gasteiger partial charge in [-0.25, -0.2) is 14.5 Å². The number of hydrogen-bond acceptors (Lipinski definition) is 10. The third-order valence-electron chi connectivity index (χ3n) is 15.1. The lowest BCUT2D eigenvalue weighted by atomic mass is 9.64. The van der Waals surface area contributed by atoms with E-state index in [1.807, 2.05) is 65.6 Å². The van der Waals surface area contributed by atoms with Gasteiger partial charge in [0, 0.05) is 18.7 Å². The van der Waals surface area contributed by atoms with Crippen LogP contribution in [0.2, 0.25) is 0 Å². The van der Waals surface area contributed by atoms with Crippen molar-refractivity contribution in [2.45, 2.75) is 126 Å². The zero-order valence-corrected chi connectivity index (χ0v) is 39.6. The SMILES string of the molecule is COC(=O)C(NC(=O)N1C(=O)C2(c3cc(C#CC4(O)CCCCCC4)ccc31)C(C(=O)N1CCCCCCC1)C1C(=O)OC(c3ccccc3)C(c3ccccc3)N1C2c1ccc(O)cc1)C(C)C. The van der Waals surface area contributed by atoms with Gasteiger partial charge in [-0.3, -0.25) is 19.3 Å². The van der Waals surface area contributed by atoms with Crippen LogP contribution >= 0.6 is 0 Å². The minimum absolute atomic E-state index is 0.0360. The van der Waals surface area contributed by atoms with Crippen LogP contribution in [0.15, 0.2) is 103 Å². The predicted molar refractivity (Wildman–Crippen MR) is 258 cm³/mol. The molecule has 7 unspecified atom stereocenters. The van der Waals surface area contributed by atoms with Crippen molar-refractivity contribution in [1.29, 1.82) is 0 Å². The number of ether oxygens (including phenoxy) is 2. The van der Waals surface area contributed by atoms with Gasteiger partial charge in [0.2, 0.25) is 11.8 Å². The Morgan fingerprint density at radius 3 is 2.00 bits per heavy atom. The van der Waals surface area contributed by atoms with E-state index in [0.717, 1.165) is 68.3 Å². The summed E-state index contributed by atoms with van der Waals surface area (Å²) in [7, 11) is 1.23. The van der Waals surface area contributed by atoms with Crippen molar-refractivity contribution in [2.24, 2.45) is 11.8 Å². The lowest BCUT2D eigenvalue weighted by Gasteiger charge is -2.46. The zero-order chi connectivity index (χ0) is 48.5. The third-order valence-corrected chi connectivity index (χ3v) is 15.1. The number of imide groups is 1. The highest BCUT2D eigenvalue weighted by Gasteiger charge is 2.76. The minimum Gasteiger partial charge on any atom is -0.508 e. The molecule has 1 aliphatic carbocycles. The number of amides is 4. The Morgan fingerprint density at radius 2 is 1.38 bits per heavy atom. The van der Waals surface area contributed by atoms with Crippen LogP contribution in [0.25, 0.3) is 0 Å². The molecule has 7 atom stereocenters. The lowest BCUT2D eigenvalue weighted by molar-refractivity contribution is -0.179. The van der Waals surface area contributed by atoms with Gasteiger partial charge in [-0.15, -0.1) is 0 Å². The molecule has 13 heteroatoms. The molecule has 0 aromatic heterocycles. The van der Waals surface area contributed by atoms with Crippen LogP contribution in [0.3, 0.4) is 0 Å². The Kier molecular flexibility index (Phi) is 13.7. The van der Waals surface area contributed by atoms with E-state index in [2.05, 4.69) is 17.2 Å². The Hall–Kier alpha value is -6.49. The van der Waals surface area contributed by atoms with E-state index in [9.17, 15) is 15.0 Å². The summed E-state index contributed by atoms with van der Waals surface area (Å²) >= 11 is 0. The van der Waals surface area contributed by atoms with Gasteiger partial charge in [0.25, 0.3) is 0 Å². The summed E-state index contributed by atoms with van der Waals surface area (Å²) in [5, 5.41) is 25.4. The van der Waals surface area contributed by atoms with E-state index in [1.54, 1.807) is 49.1 Å². The maximum Gasteiger partial charge on any atom is 0.329 e. The van der Waals surface area contributed by atoms with Gasteiger partial charge in [0.05, 0.1) is 30.8 Å². The first-order valence-corrected chi connectivity index (χ1v) is 24.7. The Morgan fingerprint density at radius 1 is 0.768 bits per heavy atom. The van der Waals surface area contributed by atoms with E-state index in [0.29, 0.717) is 42.6 Å². The molecule has 13 nitrogen and oxygen atoms in total. The highest BCUT2D eigenvalue weighted by atomic mass is 16.6. The second kappa shape index (κ2) is 19.9. The first kappa shape index (κ1) is 47.6. The summed E-state index contributed by atoms with van der Waals surface area (Å²) in [6, 6.07) is 25.1. The van der Waals surface area contributed by atoms with E-state index in [4.69, 9.17) is 9.47 Å². The molecule has 3 saturated heterocycles. The number of nitrogens with zero attached hydrogens (tertiary/aromatic N) is 3. The molecule has 1 saturated carbocycles. The van der Waals surface area contributed by atoms with Gasteiger partial charge < -0.3 is 29.9 Å². The number of urea groups is 1. The standard InChI is InChI=1S/C56H62N4O9/c1-36(2)45(51(63)68-3)57-54(66)59-43-28-23-37(29-32-55(67)30-15-5-6-16-31-55)35-42(43)56(53(59)65)44(50(62)58-33-17-7-4-8-18-34-58)47-52(64)69-48(39-21-13-10-14-22-39)46(38-19-11-9-12-20-38)60(47)49(56)40-24-26-41(61)27-25-40/h9-14,19-28,35-36,44-49,61,67H,4-8,15-18,30-31,33-34H2,1-3H3,(H,57,66). The van der Waals surface area contributed by atoms with Crippen molar-refractivity contribution < 1.29 is 43.7 Å². The van der Waals surface area contributed by atoms with E-state index in [1.165, 1.54) is 19.2 Å². The van der Waals surface area contributed by atoms with Gasteiger partial charge in [-0.1, -0.05) is 131 Å². The number of aromatic hydroxyl groups is 1. The normalized spacial score (nSPS) is 26.1. The van der Waals surface area contributed by atoms with Gasteiger partial charge >= 0.3 is 18.0 Å². The number of fused-ring (bicyclic) bond motifs is 3. The molecule has 360 valence electrons. The average Bonchev–Trinajstić information content (AvgIpc) is 3.68. The summed E-state index contributed by atoms with van der Waals surface area (Å²) in [5.41, 5.74) is -0.434. The molecule has 5 aliphatic rings. The molecule has 4 heterocycles. The second-order valence-corrected chi connectivity index (χ2v) is 19.7. The number of benzene rings is 4. The maximum atomic E-state index is 16.7. The van der Waals surface area contributed by atoms with Crippen LogP contribution in [0.4, 0.5) is 10.5 Å². The summed E-state index contributed by atoms with van der Waals surface area (Å²) in [5.74, 6) is 1.88. The molecule has 4 aromatic carbocycles. The molecule has 4 aliphatic heterocycles. The van der Waals surface area contributed by atoms with Crippen LogP contribution in [0.1, 0.15) is 130 Å². The highest BCUT2D eigenvalue weighted by Crippen LogP contribution is 2.66. The number of phenols is 1. The molecule has 0 radical (unpaired) electrons. The van der Waals surface area contributed by atoms with Crippen LogP contribution in [0, 0.1) is 23.7 Å². The number of nitrogens with one attached hydrogen (secondary N) is 1. The van der Waals surface area contributed by atoms with Crippen LogP contribution in [-0.4, -0.2) is 87.7 Å². The van der Waals surface area contributed by atoms with Crippen molar-refractivity contribution in [2.75, 3.05) is 25.1 Å². The molecular formula is C56H62N4O9. The van der Waals surface area contributed by atoms with Crippen molar-refractivity contribution in [1.82, 2.24) is 15.1 Å². The number of carbonyl (C=O) groups is 5. The number of methoxy groups -OCH3 is 1. The number of rotatable bonds is 7. The number of carbonyl (C=O) groups excluding carboxylic acids is 5. The lowest BCUT2D eigenvalue weighted by Crippen LogP contribution is -2.58. The van der Waals surface area contributed by atoms with Crippen LogP contribution < -0.4 is 10.2 Å². The molecule has 1 spiro atoms. The molecular weight excluding hydrogens is 873 g/mol. The Labute approximate surface area is 404 Å². The summed E-state index contributed by atoms with van der Waals surface area (Å²) in [6.45, 7) is 4.30. The number of morpholine rings is 1. The fourth-order valence-corrected chi connectivity index (χ4v) is 11.7. The van der Waals surface area contributed by atoms with Crippen molar-refractivity contribution >= 4 is 35.5 Å². The minimum atomic E-state index is -2.04. The molecule has 4 aromatic rings. The Bertz CT molecular complexity index is 2610. The molecule has 9 rings (SSSR count). The predicted octanol–water partition coefficient (Wildman–Crippen LogP) is 8.19. The fraction of sp³-hybridized carbons (Fsp3) is 0.446. The smallest absolute Gasteiger partial charge is 0.329 e. The van der Waals surface area contributed by atoms with Crippen molar-refractivity contribution in [3.8, 4) is 17.6 Å². The Balaban J connectivity index is 1.35. The van der Waals surface area contributed by atoms with Gasteiger partial charge in [0.15, 0.2) is 0 Å². The van der Waals surface area contributed by atoms with Gasteiger partial charge in [-0.05, 0) is 97.0 Å². The molecule has 3 N–H and O–H groups in total. The van der Waals surface area contributed by atoms with E-state index < -0.39 is 82.9 Å². The zero-order valence-electron chi connectivity index (χ0n) is 39.6. The number of esters is 2. The number of phenolic OH excluding ortho intramolecular Hbond substituents is 1. The summed E-state index contributed by atoms with van der Waals surface area (Å²) in [6.07, 6.45) is 8.05. The average molecular weight is 935 g/mol. The van der Waals surface area contributed by atoms with Gasteiger partial charge in [-0.2, -0.15) is 0 Å². The van der Waals surface area contributed by atoms with E-state index >= 15 is 19.2 Å². The number of anilines is 1. The third kappa shape index (κ3) is 8.78. The first-order chi connectivity index (χ1) is 33.4. The monoisotopic (exact) mass is 934 g/mol. The topological polar surface area (TPSA) is 166 Å². The highest BCUT2D eigenvalue weighted by molar-refractivity contribution is 6.25. The molecule has 69 heavy (non-hydrogen) atoms. The molecule has 4 fully saturated rings. The number of hydrogen-bond donors (Lipinski definition) is 3. The fourth-order valence-electron chi connectivity index (χ4n) is 11.7. The quantitative estimate of drug-likeness (QED) is 0.0935. The number of likely N-dealkylation sites (tertiary alicyclic amines) is 1. The first-order valence-electron chi connectivity index (χ1n) is 24.7. The van der Waals surface area contributed by atoms with Crippen LogP contribution in [0.5, 0.6) is 5.75 Å². The van der Waals surface area contributed by atoms with Gasteiger partial charge in [0.1, 0.15) is 35.0 Å². The molecule has 0 bridgehead atoms. The largest absolute Gasteiger partial charge is 0.508 e. The second-order valence-electron chi connectivity index (χ2n) is 19.7. The maximum absolute atomic E-state index is 16.7. The van der Waals surface area contributed by atoms with Crippen molar-refractivity contribution in [3.05, 3.63) is 131 Å². The summed E-state index contributed by atoms with van der Waals surface area (Å²) in [4.78, 5) is 81.6. The van der Waals surface area contributed by atoms with Crippen LogP contribution in [-0.2, 0) is 34.1 Å². The van der Waals surface area contributed by atoms with Crippen molar-refractivity contribution in [3.63, 3.8) is 0 Å². The number of cyclic esters (lactones) is 1. The van der Waals surface area contributed by atoms with E-state index in [-0.39, 0.29) is 17.0 Å². The summed E-state index contributed by atoms with van der Waals surface area (Å²) < 4.78 is 11.8.